The molecule has 2 N–H and O–H groups in total. The number of rotatable bonds is 4. The zero-order valence-electron chi connectivity index (χ0n) is 10.1. The highest BCUT2D eigenvalue weighted by atomic mass is 16.6. The van der Waals surface area contributed by atoms with Crippen LogP contribution in [0.3, 0.4) is 0 Å². The fraction of sp³-hybridized carbons (Fsp3) is 0.333. The average Bonchev–Trinajstić information content (AvgIpc) is 2.35. The fourth-order valence-corrected chi connectivity index (χ4v) is 1.55. The molecule has 0 radical (unpaired) electrons. The summed E-state index contributed by atoms with van der Waals surface area (Å²) in [4.78, 5) is 19.1. The van der Waals surface area contributed by atoms with Gasteiger partial charge in [0.25, 0.3) is 5.56 Å². The molecule has 0 saturated carbocycles. The molecule has 0 fully saturated rings. The van der Waals surface area contributed by atoms with Gasteiger partial charge in [-0.3, -0.25) is 15.1 Å². The van der Waals surface area contributed by atoms with Crippen LogP contribution in [-0.4, -0.2) is 12.1 Å². The Morgan fingerprint density at radius 1 is 1.71 bits per heavy atom. The van der Waals surface area contributed by atoms with Gasteiger partial charge in [-0.05, 0) is 19.4 Å². The van der Waals surface area contributed by atoms with Gasteiger partial charge in [0.1, 0.15) is 11.6 Å². The van der Waals surface area contributed by atoms with Crippen molar-refractivity contribution in [2.75, 3.05) is 7.11 Å². The minimum atomic E-state index is -0.360. The molecule has 1 heterocycles. The SMILES string of the molecule is CC=C(NOC)c1cc(C#N)c(=O)[nH]c1CC. The monoisotopic (exact) mass is 233 g/mol. The lowest BCUT2D eigenvalue weighted by Gasteiger charge is -2.12. The molecule has 0 unspecified atom stereocenters. The van der Waals surface area contributed by atoms with Gasteiger partial charge in [-0.15, -0.1) is 0 Å². The van der Waals surface area contributed by atoms with Crippen LogP contribution in [0.2, 0.25) is 0 Å². The lowest BCUT2D eigenvalue weighted by atomic mass is 10.1. The maximum Gasteiger partial charge on any atom is 0.266 e. The van der Waals surface area contributed by atoms with Gasteiger partial charge >= 0.3 is 0 Å². The van der Waals surface area contributed by atoms with E-state index in [1.165, 1.54) is 7.11 Å². The Morgan fingerprint density at radius 2 is 2.41 bits per heavy atom. The Morgan fingerprint density at radius 3 is 2.88 bits per heavy atom. The van der Waals surface area contributed by atoms with Crippen molar-refractivity contribution in [3.63, 3.8) is 0 Å². The molecule has 0 spiro atoms. The first kappa shape index (κ1) is 13.0. The zero-order valence-corrected chi connectivity index (χ0v) is 10.1. The third kappa shape index (κ3) is 2.74. The second-order valence-corrected chi connectivity index (χ2v) is 3.38. The maximum atomic E-state index is 11.5. The number of H-pyrrole nitrogens is 1. The molecule has 0 atom stereocenters. The van der Waals surface area contributed by atoms with E-state index in [4.69, 9.17) is 10.1 Å². The Hall–Kier alpha value is -2.06. The van der Waals surface area contributed by atoms with Crippen molar-refractivity contribution < 1.29 is 4.84 Å². The number of hydroxylamine groups is 1. The Kier molecular flexibility index (Phi) is 4.49. The Bertz CT molecular complexity index is 524. The van der Waals surface area contributed by atoms with E-state index in [1.54, 1.807) is 6.07 Å². The number of aryl methyl sites for hydroxylation is 1. The van der Waals surface area contributed by atoms with Crippen LogP contribution >= 0.6 is 0 Å². The summed E-state index contributed by atoms with van der Waals surface area (Å²) < 4.78 is 0. The van der Waals surface area contributed by atoms with Crippen molar-refractivity contribution in [3.8, 4) is 6.07 Å². The molecule has 17 heavy (non-hydrogen) atoms. The summed E-state index contributed by atoms with van der Waals surface area (Å²) in [6.07, 6.45) is 2.48. The van der Waals surface area contributed by atoms with Gasteiger partial charge in [0.2, 0.25) is 0 Å². The number of nitrogens with one attached hydrogen (secondary N) is 2. The highest BCUT2D eigenvalue weighted by Crippen LogP contribution is 2.15. The summed E-state index contributed by atoms with van der Waals surface area (Å²) in [6, 6.07) is 3.44. The second-order valence-electron chi connectivity index (χ2n) is 3.38. The van der Waals surface area contributed by atoms with E-state index < -0.39 is 0 Å². The first-order chi connectivity index (χ1) is 8.17. The van der Waals surface area contributed by atoms with Crippen LogP contribution in [0.4, 0.5) is 0 Å². The molecular weight excluding hydrogens is 218 g/mol. The van der Waals surface area contributed by atoms with E-state index in [0.29, 0.717) is 6.42 Å². The number of hydrogen-bond donors (Lipinski definition) is 2. The highest BCUT2D eigenvalue weighted by Gasteiger charge is 2.10. The largest absolute Gasteiger partial charge is 0.324 e. The molecule has 0 saturated heterocycles. The van der Waals surface area contributed by atoms with E-state index in [2.05, 4.69) is 10.5 Å². The van der Waals surface area contributed by atoms with Crippen molar-refractivity contribution in [2.24, 2.45) is 0 Å². The van der Waals surface area contributed by atoms with Crippen molar-refractivity contribution in [3.05, 3.63) is 39.3 Å². The van der Waals surface area contributed by atoms with Gasteiger partial charge in [-0.25, -0.2) is 0 Å². The number of allylic oxidation sites excluding steroid dienone is 1. The first-order valence-electron chi connectivity index (χ1n) is 5.29. The van der Waals surface area contributed by atoms with Crippen molar-refractivity contribution in [2.45, 2.75) is 20.3 Å². The second kappa shape index (κ2) is 5.87. The standard InChI is InChI=1S/C12H15N3O2/c1-4-10-9(11(5-2)15-17-3)6-8(7-13)12(16)14-10/h5-6,15H,4H2,1-3H3,(H,14,16). The van der Waals surface area contributed by atoms with Gasteiger partial charge in [-0.1, -0.05) is 13.0 Å². The smallest absolute Gasteiger partial charge is 0.266 e. The van der Waals surface area contributed by atoms with Crippen molar-refractivity contribution >= 4 is 5.70 Å². The lowest BCUT2D eigenvalue weighted by Crippen LogP contribution is -2.18. The van der Waals surface area contributed by atoms with Crippen LogP contribution < -0.4 is 11.0 Å². The predicted molar refractivity (Wildman–Crippen MR) is 65.0 cm³/mol. The van der Waals surface area contributed by atoms with Crippen molar-refractivity contribution in [1.29, 1.82) is 5.26 Å². The van der Waals surface area contributed by atoms with E-state index in [1.807, 2.05) is 26.0 Å². The predicted octanol–water partition coefficient (Wildman–Crippen LogP) is 1.32. The molecule has 0 aromatic carbocycles. The highest BCUT2D eigenvalue weighted by molar-refractivity contribution is 5.66. The number of pyridine rings is 1. The summed E-state index contributed by atoms with van der Waals surface area (Å²) in [5.74, 6) is 0. The molecule has 90 valence electrons. The van der Waals surface area contributed by atoms with E-state index in [-0.39, 0.29) is 11.1 Å². The van der Waals surface area contributed by atoms with Crippen LogP contribution in [0.25, 0.3) is 5.70 Å². The van der Waals surface area contributed by atoms with Gasteiger partial charge in [-0.2, -0.15) is 5.26 Å². The third-order valence-corrected chi connectivity index (χ3v) is 2.39. The number of hydrogen-bond acceptors (Lipinski definition) is 4. The van der Waals surface area contributed by atoms with Gasteiger partial charge in [0.15, 0.2) is 0 Å². The normalized spacial score (nSPS) is 11.1. The Balaban J connectivity index is 3.41. The molecular formula is C12H15N3O2. The molecule has 0 aliphatic carbocycles. The van der Waals surface area contributed by atoms with E-state index in [0.717, 1.165) is 17.0 Å². The van der Waals surface area contributed by atoms with Gasteiger partial charge < -0.3 is 4.98 Å². The lowest BCUT2D eigenvalue weighted by molar-refractivity contribution is 0.136. The van der Waals surface area contributed by atoms with Crippen LogP contribution in [-0.2, 0) is 11.3 Å². The first-order valence-corrected chi connectivity index (χ1v) is 5.29. The Labute approximate surface area is 99.7 Å². The van der Waals surface area contributed by atoms with Gasteiger partial charge in [0, 0.05) is 11.3 Å². The zero-order chi connectivity index (χ0) is 12.8. The molecule has 1 rings (SSSR count). The van der Waals surface area contributed by atoms with Crippen molar-refractivity contribution in [1.82, 2.24) is 10.5 Å². The number of nitrogens with zero attached hydrogens (tertiary/aromatic N) is 1. The van der Waals surface area contributed by atoms with Crippen LogP contribution in [0.1, 0.15) is 30.7 Å². The molecule has 0 aliphatic heterocycles. The van der Waals surface area contributed by atoms with Crippen LogP contribution in [0, 0.1) is 11.3 Å². The quantitative estimate of drug-likeness (QED) is 0.769. The third-order valence-electron chi connectivity index (χ3n) is 2.39. The number of nitriles is 1. The maximum absolute atomic E-state index is 11.5. The summed E-state index contributed by atoms with van der Waals surface area (Å²) in [6.45, 7) is 3.78. The van der Waals surface area contributed by atoms with E-state index in [9.17, 15) is 4.79 Å². The molecule has 5 heteroatoms. The minimum absolute atomic E-state index is 0.0921. The molecule has 0 aliphatic rings. The molecule has 5 nitrogen and oxygen atoms in total. The fourth-order valence-electron chi connectivity index (χ4n) is 1.55. The number of aromatic amines is 1. The molecule has 0 bridgehead atoms. The van der Waals surface area contributed by atoms with Crippen LogP contribution in [0.15, 0.2) is 16.9 Å². The topological polar surface area (TPSA) is 77.9 Å². The molecule has 1 aromatic heterocycles. The summed E-state index contributed by atoms with van der Waals surface area (Å²) >= 11 is 0. The van der Waals surface area contributed by atoms with Crippen LogP contribution in [0.5, 0.6) is 0 Å². The van der Waals surface area contributed by atoms with Gasteiger partial charge in [0.05, 0.1) is 12.8 Å². The minimum Gasteiger partial charge on any atom is -0.324 e. The molecule has 1 aromatic rings. The summed E-state index contributed by atoms with van der Waals surface area (Å²) in [5.41, 5.74) is 4.72. The summed E-state index contributed by atoms with van der Waals surface area (Å²) in [5, 5.41) is 8.85. The average molecular weight is 233 g/mol. The molecule has 0 amide bonds. The summed E-state index contributed by atoms with van der Waals surface area (Å²) in [7, 11) is 1.51. The van der Waals surface area contributed by atoms with E-state index >= 15 is 0 Å². The number of aromatic nitrogens is 1.